The van der Waals surface area contributed by atoms with E-state index in [9.17, 15) is 9.59 Å². The van der Waals surface area contributed by atoms with Crippen molar-refractivity contribution in [2.24, 2.45) is 0 Å². The van der Waals surface area contributed by atoms with Crippen molar-refractivity contribution < 1.29 is 9.32 Å². The molecule has 8 heteroatoms. The number of amides is 1. The number of hydrogen-bond donors (Lipinski definition) is 1. The molecule has 2 heterocycles. The van der Waals surface area contributed by atoms with E-state index in [1.165, 1.54) is 16.8 Å². The average molecular weight is 387 g/mol. The highest BCUT2D eigenvalue weighted by Crippen LogP contribution is 2.22. The lowest BCUT2D eigenvalue weighted by molar-refractivity contribution is -0.116. The van der Waals surface area contributed by atoms with Gasteiger partial charge < -0.3 is 14.4 Å². The molecule has 0 aliphatic carbocycles. The van der Waals surface area contributed by atoms with Crippen molar-refractivity contribution in [2.45, 2.75) is 33.2 Å². The third-order valence-corrected chi connectivity index (χ3v) is 4.20. The van der Waals surface area contributed by atoms with E-state index in [4.69, 9.17) is 16.1 Å². The van der Waals surface area contributed by atoms with Crippen LogP contribution in [0.3, 0.4) is 0 Å². The summed E-state index contributed by atoms with van der Waals surface area (Å²) in [6, 6.07) is 8.29. The Morgan fingerprint density at radius 2 is 2.11 bits per heavy atom. The van der Waals surface area contributed by atoms with E-state index >= 15 is 0 Å². The highest BCUT2D eigenvalue weighted by atomic mass is 35.5. The zero-order valence-corrected chi connectivity index (χ0v) is 15.8. The quantitative estimate of drug-likeness (QED) is 0.700. The molecule has 140 valence electrons. The lowest BCUT2D eigenvalue weighted by Gasteiger charge is -2.10. The zero-order chi connectivity index (χ0) is 19.4. The topological polar surface area (TPSA) is 90.0 Å². The van der Waals surface area contributed by atoms with Crippen LogP contribution in [0.2, 0.25) is 5.02 Å². The van der Waals surface area contributed by atoms with Crippen LogP contribution in [0.15, 0.2) is 45.8 Å². The Labute approximate surface area is 161 Å². The smallest absolute Gasteiger partial charge is 0.259 e. The molecule has 7 nitrogen and oxygen atoms in total. The highest BCUT2D eigenvalue weighted by Gasteiger charge is 2.12. The second kappa shape index (κ2) is 8.18. The first-order valence-electron chi connectivity index (χ1n) is 8.55. The van der Waals surface area contributed by atoms with Crippen LogP contribution in [0.1, 0.15) is 24.7 Å². The van der Waals surface area contributed by atoms with Gasteiger partial charge in [-0.1, -0.05) is 29.7 Å². The Hall–Kier alpha value is -2.93. The molecule has 0 bridgehead atoms. The number of hydrogen-bond acceptors (Lipinski definition) is 5. The van der Waals surface area contributed by atoms with E-state index in [-0.39, 0.29) is 18.0 Å². The largest absolute Gasteiger partial charge is 0.334 e. The minimum absolute atomic E-state index is 0.160. The number of aryl methyl sites for hydroxylation is 2. The molecule has 0 fully saturated rings. The number of aromatic nitrogens is 3. The summed E-state index contributed by atoms with van der Waals surface area (Å²) in [4.78, 5) is 28.7. The van der Waals surface area contributed by atoms with Gasteiger partial charge in [-0.25, -0.2) is 0 Å². The number of pyridine rings is 1. The van der Waals surface area contributed by atoms with Gasteiger partial charge >= 0.3 is 0 Å². The van der Waals surface area contributed by atoms with E-state index in [1.54, 1.807) is 18.2 Å². The molecule has 3 aromatic rings. The molecule has 0 spiro atoms. The van der Waals surface area contributed by atoms with Gasteiger partial charge in [0, 0.05) is 18.7 Å². The van der Waals surface area contributed by atoms with Gasteiger partial charge in [0.15, 0.2) is 5.82 Å². The second-order valence-corrected chi connectivity index (χ2v) is 6.59. The molecule has 0 atom stereocenters. The van der Waals surface area contributed by atoms with Crippen molar-refractivity contribution >= 4 is 23.2 Å². The molecule has 0 aliphatic rings. The fourth-order valence-electron chi connectivity index (χ4n) is 2.54. The Balaban J connectivity index is 1.77. The summed E-state index contributed by atoms with van der Waals surface area (Å²) in [7, 11) is 0. The van der Waals surface area contributed by atoms with Gasteiger partial charge in [0.05, 0.1) is 16.3 Å². The first kappa shape index (κ1) is 18.8. The first-order chi connectivity index (χ1) is 13.0. The summed E-state index contributed by atoms with van der Waals surface area (Å²) in [6.45, 7) is 3.77. The molecule has 3 rings (SSSR count). The Bertz CT molecular complexity index is 1030. The number of carbonyl (C=O) groups is 1. The van der Waals surface area contributed by atoms with Crippen molar-refractivity contribution in [3.63, 3.8) is 0 Å². The predicted octanol–water partition coefficient (Wildman–Crippen LogP) is 3.45. The number of anilines is 1. The third kappa shape index (κ3) is 4.62. The van der Waals surface area contributed by atoms with Crippen molar-refractivity contribution in [2.75, 3.05) is 5.32 Å². The van der Waals surface area contributed by atoms with Crippen LogP contribution in [-0.4, -0.2) is 20.6 Å². The average Bonchev–Trinajstić information content (AvgIpc) is 3.08. The number of carbonyl (C=O) groups excluding carboxylic acids is 1. The van der Waals surface area contributed by atoms with Gasteiger partial charge in [-0.15, -0.1) is 0 Å². The molecule has 0 unspecified atom stereocenters. The molecular formula is C19H19ClN4O3. The van der Waals surface area contributed by atoms with Crippen LogP contribution in [0.25, 0.3) is 11.5 Å². The van der Waals surface area contributed by atoms with E-state index in [0.717, 1.165) is 12.0 Å². The van der Waals surface area contributed by atoms with Gasteiger partial charge in [-0.2, -0.15) is 4.98 Å². The van der Waals surface area contributed by atoms with Crippen LogP contribution in [-0.2, 0) is 17.8 Å². The summed E-state index contributed by atoms with van der Waals surface area (Å²) >= 11 is 6.13. The maximum atomic E-state index is 12.3. The minimum Gasteiger partial charge on any atom is -0.334 e. The summed E-state index contributed by atoms with van der Waals surface area (Å²) in [5.41, 5.74) is 1.75. The van der Waals surface area contributed by atoms with E-state index in [2.05, 4.69) is 15.5 Å². The van der Waals surface area contributed by atoms with Crippen LogP contribution in [0.5, 0.6) is 0 Å². The van der Waals surface area contributed by atoms with E-state index < -0.39 is 0 Å². The van der Waals surface area contributed by atoms with Gasteiger partial charge in [-0.3, -0.25) is 9.59 Å². The standard InChI is InChI=1S/C19H19ClN4O3/c1-3-4-16-22-19(27-23-16)13-6-8-18(26)24(10-13)11-17(25)21-15-7-5-12(2)9-14(15)20/h5-10H,3-4,11H2,1-2H3,(H,21,25). The predicted molar refractivity (Wildman–Crippen MR) is 103 cm³/mol. The summed E-state index contributed by atoms with van der Waals surface area (Å²) in [5, 5.41) is 7.06. The molecule has 0 saturated carbocycles. The number of rotatable bonds is 6. The SMILES string of the molecule is CCCc1noc(-c2ccc(=O)n(CC(=O)Nc3ccc(C)cc3Cl)c2)n1. The Kier molecular flexibility index (Phi) is 5.71. The van der Waals surface area contributed by atoms with Gasteiger partial charge in [0.25, 0.3) is 11.4 Å². The van der Waals surface area contributed by atoms with Crippen molar-refractivity contribution in [3.05, 3.63) is 63.3 Å². The maximum Gasteiger partial charge on any atom is 0.259 e. The normalized spacial score (nSPS) is 10.8. The number of halogens is 1. The fourth-order valence-corrected chi connectivity index (χ4v) is 2.83. The third-order valence-electron chi connectivity index (χ3n) is 3.88. The molecule has 27 heavy (non-hydrogen) atoms. The molecule has 0 radical (unpaired) electrons. The first-order valence-corrected chi connectivity index (χ1v) is 8.93. The summed E-state index contributed by atoms with van der Waals surface area (Å²) in [5.74, 6) is 0.559. The van der Waals surface area contributed by atoms with Crippen molar-refractivity contribution in [3.8, 4) is 11.5 Å². The minimum atomic E-state index is -0.364. The van der Waals surface area contributed by atoms with Crippen molar-refractivity contribution in [1.29, 1.82) is 0 Å². The maximum absolute atomic E-state index is 12.3. The number of nitrogens with one attached hydrogen (secondary N) is 1. The van der Waals surface area contributed by atoms with Crippen molar-refractivity contribution in [1.82, 2.24) is 14.7 Å². The molecule has 1 N–H and O–H groups in total. The van der Waals surface area contributed by atoms with Gasteiger partial charge in [0.1, 0.15) is 6.54 Å². The van der Waals surface area contributed by atoms with E-state index in [0.29, 0.717) is 34.4 Å². The number of nitrogens with zero attached hydrogens (tertiary/aromatic N) is 3. The number of benzene rings is 1. The van der Waals surface area contributed by atoms with Gasteiger partial charge in [-0.05, 0) is 37.1 Å². The molecular weight excluding hydrogens is 368 g/mol. The molecule has 1 amide bonds. The Morgan fingerprint density at radius 1 is 1.30 bits per heavy atom. The lowest BCUT2D eigenvalue weighted by Crippen LogP contribution is -2.27. The zero-order valence-electron chi connectivity index (χ0n) is 15.0. The molecule has 2 aromatic heterocycles. The molecule has 0 aliphatic heterocycles. The van der Waals surface area contributed by atoms with Crippen LogP contribution in [0, 0.1) is 6.92 Å². The van der Waals surface area contributed by atoms with Crippen LogP contribution in [0.4, 0.5) is 5.69 Å². The lowest BCUT2D eigenvalue weighted by atomic mass is 10.2. The Morgan fingerprint density at radius 3 is 2.85 bits per heavy atom. The van der Waals surface area contributed by atoms with Crippen LogP contribution < -0.4 is 10.9 Å². The van der Waals surface area contributed by atoms with E-state index in [1.807, 2.05) is 19.9 Å². The van der Waals surface area contributed by atoms with Crippen LogP contribution >= 0.6 is 11.6 Å². The summed E-state index contributed by atoms with van der Waals surface area (Å²) in [6.07, 6.45) is 3.14. The molecule has 0 saturated heterocycles. The fraction of sp³-hybridized carbons (Fsp3) is 0.263. The van der Waals surface area contributed by atoms with Gasteiger partial charge in [0.2, 0.25) is 5.91 Å². The summed E-state index contributed by atoms with van der Waals surface area (Å²) < 4.78 is 6.52. The molecule has 1 aromatic carbocycles. The highest BCUT2D eigenvalue weighted by molar-refractivity contribution is 6.33. The monoisotopic (exact) mass is 386 g/mol. The second-order valence-electron chi connectivity index (χ2n) is 6.18.